The van der Waals surface area contributed by atoms with E-state index in [-0.39, 0.29) is 5.75 Å². The van der Waals surface area contributed by atoms with Gasteiger partial charge in [0.25, 0.3) is 0 Å². The van der Waals surface area contributed by atoms with Crippen LogP contribution in [0.25, 0.3) is 0 Å². The Morgan fingerprint density at radius 1 is 1.32 bits per heavy atom. The second kappa shape index (κ2) is 6.78. The number of hydrogen-bond donors (Lipinski definition) is 1. The molecule has 0 aliphatic carbocycles. The van der Waals surface area contributed by atoms with Crippen molar-refractivity contribution in [2.24, 2.45) is 0 Å². The Labute approximate surface area is 114 Å². The summed E-state index contributed by atoms with van der Waals surface area (Å²) in [5.41, 5.74) is 1.18. The zero-order valence-electron chi connectivity index (χ0n) is 11.8. The molecule has 1 aromatic rings. The predicted octanol–water partition coefficient (Wildman–Crippen LogP) is 2.40. The van der Waals surface area contributed by atoms with Gasteiger partial charge in [-0.1, -0.05) is 6.07 Å². The summed E-state index contributed by atoms with van der Waals surface area (Å²) in [6.07, 6.45) is 2.59. The average Bonchev–Trinajstić information content (AvgIpc) is 2.44. The SMILES string of the molecule is CCOc1cc(CN2CCC(OC)CC2)ccc1O. The van der Waals surface area contributed by atoms with E-state index in [4.69, 9.17) is 9.47 Å². The quantitative estimate of drug-likeness (QED) is 0.887. The first kappa shape index (κ1) is 14.2. The van der Waals surface area contributed by atoms with Crippen LogP contribution >= 0.6 is 0 Å². The average molecular weight is 265 g/mol. The van der Waals surface area contributed by atoms with Gasteiger partial charge in [-0.25, -0.2) is 0 Å². The molecular formula is C15H23NO3. The van der Waals surface area contributed by atoms with Crippen LogP contribution in [-0.4, -0.2) is 42.9 Å². The standard InChI is InChI=1S/C15H23NO3/c1-3-19-15-10-12(4-5-14(15)17)11-16-8-6-13(18-2)7-9-16/h4-5,10,13,17H,3,6-9,11H2,1-2H3. The molecule has 0 spiro atoms. The van der Waals surface area contributed by atoms with Crippen molar-refractivity contribution in [3.63, 3.8) is 0 Å². The van der Waals surface area contributed by atoms with Crippen LogP contribution in [0, 0.1) is 0 Å². The zero-order chi connectivity index (χ0) is 13.7. The van der Waals surface area contributed by atoms with Crippen molar-refractivity contribution in [3.05, 3.63) is 23.8 Å². The minimum absolute atomic E-state index is 0.212. The third-order valence-corrected chi connectivity index (χ3v) is 3.60. The third-order valence-electron chi connectivity index (χ3n) is 3.60. The molecule has 0 amide bonds. The van der Waals surface area contributed by atoms with Crippen LogP contribution in [-0.2, 0) is 11.3 Å². The molecule has 1 aliphatic rings. The maximum atomic E-state index is 9.68. The Morgan fingerprint density at radius 3 is 2.68 bits per heavy atom. The van der Waals surface area contributed by atoms with Crippen molar-refractivity contribution < 1.29 is 14.6 Å². The van der Waals surface area contributed by atoms with E-state index < -0.39 is 0 Å². The summed E-state index contributed by atoms with van der Waals surface area (Å²) in [5, 5.41) is 9.68. The first-order chi connectivity index (χ1) is 9.22. The molecule has 1 aliphatic heterocycles. The highest BCUT2D eigenvalue weighted by molar-refractivity contribution is 5.41. The third kappa shape index (κ3) is 3.85. The molecule has 1 saturated heterocycles. The predicted molar refractivity (Wildman–Crippen MR) is 74.6 cm³/mol. The van der Waals surface area contributed by atoms with E-state index in [9.17, 15) is 5.11 Å². The molecule has 0 saturated carbocycles. The minimum atomic E-state index is 0.212. The van der Waals surface area contributed by atoms with Crippen molar-refractivity contribution in [2.75, 3.05) is 26.8 Å². The number of phenolic OH excluding ortho intramolecular Hbond substituents is 1. The van der Waals surface area contributed by atoms with Crippen molar-refractivity contribution in [2.45, 2.75) is 32.4 Å². The van der Waals surface area contributed by atoms with Gasteiger partial charge < -0.3 is 14.6 Å². The van der Waals surface area contributed by atoms with E-state index in [1.807, 2.05) is 19.1 Å². The smallest absolute Gasteiger partial charge is 0.161 e. The fourth-order valence-electron chi connectivity index (χ4n) is 2.49. The first-order valence-electron chi connectivity index (χ1n) is 6.92. The molecule has 1 heterocycles. The number of piperidine rings is 1. The zero-order valence-corrected chi connectivity index (χ0v) is 11.8. The summed E-state index contributed by atoms with van der Waals surface area (Å²) in [7, 11) is 1.79. The lowest BCUT2D eigenvalue weighted by Crippen LogP contribution is -2.36. The Hall–Kier alpha value is -1.26. The molecule has 0 atom stereocenters. The van der Waals surface area contributed by atoms with Crippen molar-refractivity contribution >= 4 is 0 Å². The fourth-order valence-corrected chi connectivity index (χ4v) is 2.49. The molecule has 1 N–H and O–H groups in total. The summed E-state index contributed by atoms with van der Waals surface area (Å²) < 4.78 is 10.8. The largest absolute Gasteiger partial charge is 0.504 e. The lowest BCUT2D eigenvalue weighted by molar-refractivity contribution is 0.0388. The molecule has 4 nitrogen and oxygen atoms in total. The van der Waals surface area contributed by atoms with Gasteiger partial charge in [-0.15, -0.1) is 0 Å². The maximum Gasteiger partial charge on any atom is 0.161 e. The molecule has 19 heavy (non-hydrogen) atoms. The van der Waals surface area contributed by atoms with Gasteiger partial charge in [0.1, 0.15) is 0 Å². The van der Waals surface area contributed by atoms with Gasteiger partial charge in [-0.05, 0) is 37.5 Å². The lowest BCUT2D eigenvalue weighted by Gasteiger charge is -2.31. The second-order valence-electron chi connectivity index (χ2n) is 4.95. The van der Waals surface area contributed by atoms with Crippen LogP contribution in [0.15, 0.2) is 18.2 Å². The Kier molecular flexibility index (Phi) is 5.05. The van der Waals surface area contributed by atoms with Crippen molar-refractivity contribution in [1.29, 1.82) is 0 Å². The van der Waals surface area contributed by atoms with Gasteiger partial charge in [0.15, 0.2) is 11.5 Å². The number of aromatic hydroxyl groups is 1. The van der Waals surface area contributed by atoms with E-state index in [2.05, 4.69) is 4.90 Å². The highest BCUT2D eigenvalue weighted by atomic mass is 16.5. The Balaban J connectivity index is 1.94. The van der Waals surface area contributed by atoms with E-state index in [0.29, 0.717) is 18.5 Å². The lowest BCUT2D eigenvalue weighted by atomic mass is 10.1. The van der Waals surface area contributed by atoms with Gasteiger partial charge in [0.05, 0.1) is 12.7 Å². The van der Waals surface area contributed by atoms with Crippen LogP contribution in [0.4, 0.5) is 0 Å². The number of ether oxygens (including phenoxy) is 2. The van der Waals surface area contributed by atoms with Crippen LogP contribution in [0.5, 0.6) is 11.5 Å². The van der Waals surface area contributed by atoms with Crippen molar-refractivity contribution in [3.8, 4) is 11.5 Å². The summed E-state index contributed by atoms with van der Waals surface area (Å²) >= 11 is 0. The van der Waals surface area contributed by atoms with Gasteiger partial charge in [-0.3, -0.25) is 4.90 Å². The molecule has 4 heteroatoms. The topological polar surface area (TPSA) is 41.9 Å². The summed E-state index contributed by atoms with van der Waals surface area (Å²) in [4.78, 5) is 2.41. The summed E-state index contributed by atoms with van der Waals surface area (Å²) in [6.45, 7) is 5.50. The molecule has 1 aromatic carbocycles. The number of methoxy groups -OCH3 is 1. The second-order valence-corrected chi connectivity index (χ2v) is 4.95. The highest BCUT2D eigenvalue weighted by Crippen LogP contribution is 2.27. The number of hydrogen-bond acceptors (Lipinski definition) is 4. The van der Waals surface area contributed by atoms with Crippen LogP contribution < -0.4 is 4.74 Å². The number of benzene rings is 1. The number of rotatable bonds is 5. The minimum Gasteiger partial charge on any atom is -0.504 e. The number of likely N-dealkylation sites (tertiary alicyclic amines) is 1. The monoisotopic (exact) mass is 265 g/mol. The van der Waals surface area contributed by atoms with E-state index in [0.717, 1.165) is 32.5 Å². The molecule has 1 fully saturated rings. The molecule has 0 radical (unpaired) electrons. The Bertz CT molecular complexity index is 400. The van der Waals surface area contributed by atoms with Crippen LogP contribution in [0.3, 0.4) is 0 Å². The molecule has 2 rings (SSSR count). The molecule has 0 aromatic heterocycles. The molecule has 0 bridgehead atoms. The molecule has 106 valence electrons. The van der Waals surface area contributed by atoms with E-state index in [1.165, 1.54) is 5.56 Å². The van der Waals surface area contributed by atoms with E-state index in [1.54, 1.807) is 13.2 Å². The number of phenols is 1. The first-order valence-corrected chi connectivity index (χ1v) is 6.92. The van der Waals surface area contributed by atoms with Crippen molar-refractivity contribution in [1.82, 2.24) is 4.90 Å². The summed E-state index contributed by atoms with van der Waals surface area (Å²) in [6, 6.07) is 5.60. The highest BCUT2D eigenvalue weighted by Gasteiger charge is 2.18. The van der Waals surface area contributed by atoms with Gasteiger partial charge in [-0.2, -0.15) is 0 Å². The van der Waals surface area contributed by atoms with Crippen LogP contribution in [0.2, 0.25) is 0 Å². The number of nitrogens with zero attached hydrogens (tertiary/aromatic N) is 1. The summed E-state index contributed by atoms with van der Waals surface area (Å²) in [5.74, 6) is 0.787. The fraction of sp³-hybridized carbons (Fsp3) is 0.600. The van der Waals surface area contributed by atoms with Gasteiger partial charge >= 0.3 is 0 Å². The maximum absolute atomic E-state index is 9.68. The normalized spacial score (nSPS) is 17.6. The van der Waals surface area contributed by atoms with Crippen LogP contribution in [0.1, 0.15) is 25.3 Å². The molecular weight excluding hydrogens is 242 g/mol. The Morgan fingerprint density at radius 2 is 2.05 bits per heavy atom. The van der Waals surface area contributed by atoms with Gasteiger partial charge in [0, 0.05) is 26.7 Å². The van der Waals surface area contributed by atoms with Gasteiger partial charge in [0.2, 0.25) is 0 Å². The van der Waals surface area contributed by atoms with E-state index >= 15 is 0 Å². The molecule has 0 unspecified atom stereocenters.